The lowest BCUT2D eigenvalue weighted by molar-refractivity contribution is -0.166. The number of carbonyl (C=O) groups is 1. The number of nitrogens with zero attached hydrogens (tertiary/aromatic N) is 3. The van der Waals surface area contributed by atoms with Crippen LogP contribution in [-0.4, -0.2) is 28.6 Å². The van der Waals surface area contributed by atoms with Crippen LogP contribution in [0.3, 0.4) is 0 Å². The molecule has 0 radical (unpaired) electrons. The molecule has 1 aliphatic rings. The number of aliphatic imine (C=N–C) groups is 2. The van der Waals surface area contributed by atoms with Crippen molar-refractivity contribution in [3.05, 3.63) is 29.8 Å². The van der Waals surface area contributed by atoms with Crippen LogP contribution in [0.15, 0.2) is 34.3 Å². The fraction of sp³-hybridized carbons (Fsp3) is 0.438. The highest BCUT2D eigenvalue weighted by Gasteiger charge is 2.33. The van der Waals surface area contributed by atoms with Crippen LogP contribution in [0.25, 0.3) is 0 Å². The van der Waals surface area contributed by atoms with Gasteiger partial charge in [0.25, 0.3) is 0 Å². The second kappa shape index (κ2) is 8.48. The Labute approximate surface area is 164 Å². The summed E-state index contributed by atoms with van der Waals surface area (Å²) in [4.78, 5) is 25.5. The van der Waals surface area contributed by atoms with Crippen LogP contribution >= 0.6 is 24.0 Å². The number of guanidine groups is 2. The van der Waals surface area contributed by atoms with E-state index in [1.54, 1.807) is 0 Å². The predicted octanol–water partition coefficient (Wildman–Crippen LogP) is 2.01. The third-order valence-electron chi connectivity index (χ3n) is 3.43. The van der Waals surface area contributed by atoms with Crippen molar-refractivity contribution in [3.63, 3.8) is 0 Å². The lowest BCUT2D eigenvalue weighted by Crippen LogP contribution is -2.53. The summed E-state index contributed by atoms with van der Waals surface area (Å²) in [7, 11) is 0. The molecule has 0 aromatic heterocycles. The number of anilines is 1. The van der Waals surface area contributed by atoms with Crippen LogP contribution in [-0.2, 0) is 16.2 Å². The maximum absolute atomic E-state index is 11.7. The lowest BCUT2D eigenvalue weighted by atomic mass is 10.2. The quantitative estimate of drug-likeness (QED) is 0.581. The summed E-state index contributed by atoms with van der Waals surface area (Å²) in [5, 5.41) is 4.27. The van der Waals surface area contributed by atoms with Crippen LogP contribution in [0, 0.1) is 5.92 Å². The standard InChI is InChI=1S/C16H24N6O2.HI/c1-10(2)13(23)19-12-7-5-11(6-8-12)9-24-22-15(18)20-14(17)21-16(22,3)4;/h5-8,10H,9H2,1-4H3,(H,19,23)(H4,17,18,20,21);1H. The Bertz CT molecular complexity index is 670. The molecule has 1 heterocycles. The minimum atomic E-state index is -0.735. The van der Waals surface area contributed by atoms with Crippen molar-refractivity contribution >= 4 is 47.5 Å². The molecule has 0 saturated heterocycles. The molecule has 0 saturated carbocycles. The van der Waals surface area contributed by atoms with E-state index in [1.807, 2.05) is 52.0 Å². The van der Waals surface area contributed by atoms with Crippen LogP contribution in [0.4, 0.5) is 5.69 Å². The topological polar surface area (TPSA) is 118 Å². The van der Waals surface area contributed by atoms with Gasteiger partial charge in [-0.05, 0) is 31.5 Å². The molecule has 2 rings (SSSR count). The van der Waals surface area contributed by atoms with Crippen molar-refractivity contribution < 1.29 is 9.63 Å². The number of hydroxylamine groups is 2. The Morgan fingerprint density at radius 2 is 1.88 bits per heavy atom. The number of halogens is 1. The highest BCUT2D eigenvalue weighted by Crippen LogP contribution is 2.21. The van der Waals surface area contributed by atoms with Gasteiger partial charge in [-0.2, -0.15) is 10.1 Å². The Morgan fingerprint density at radius 1 is 1.28 bits per heavy atom. The molecule has 9 heteroatoms. The van der Waals surface area contributed by atoms with Gasteiger partial charge in [-0.3, -0.25) is 9.63 Å². The molecular formula is C16H25IN6O2. The smallest absolute Gasteiger partial charge is 0.226 e. The van der Waals surface area contributed by atoms with Gasteiger partial charge in [0.1, 0.15) is 6.61 Å². The van der Waals surface area contributed by atoms with E-state index in [2.05, 4.69) is 15.3 Å². The first-order valence-corrected chi connectivity index (χ1v) is 7.71. The molecule has 5 N–H and O–H groups in total. The SMILES string of the molecule is CC(C)C(=O)Nc1ccc(CON2C(N)=NC(N)=NC2(C)C)cc1.I. The molecule has 1 aliphatic heterocycles. The Balaban J connectivity index is 0.00000312. The van der Waals surface area contributed by atoms with E-state index >= 15 is 0 Å². The van der Waals surface area contributed by atoms with Crippen LogP contribution < -0.4 is 16.8 Å². The molecule has 0 fully saturated rings. The molecule has 138 valence electrons. The summed E-state index contributed by atoms with van der Waals surface area (Å²) in [6.45, 7) is 7.63. The lowest BCUT2D eigenvalue weighted by Gasteiger charge is -2.36. The number of nitrogens with one attached hydrogen (secondary N) is 1. The van der Waals surface area contributed by atoms with Crippen molar-refractivity contribution in [2.45, 2.75) is 40.0 Å². The normalized spacial score (nSPS) is 16.0. The summed E-state index contributed by atoms with van der Waals surface area (Å²) in [6, 6.07) is 7.40. The average Bonchev–Trinajstić information content (AvgIpc) is 2.46. The monoisotopic (exact) mass is 460 g/mol. The number of nitrogens with two attached hydrogens (primary N) is 2. The molecule has 25 heavy (non-hydrogen) atoms. The van der Waals surface area contributed by atoms with Crippen molar-refractivity contribution in [3.8, 4) is 0 Å². The summed E-state index contributed by atoms with van der Waals surface area (Å²) in [6.07, 6.45) is 0. The van der Waals surface area contributed by atoms with E-state index in [0.717, 1.165) is 11.3 Å². The largest absolute Gasteiger partial charge is 0.368 e. The summed E-state index contributed by atoms with van der Waals surface area (Å²) in [5.41, 5.74) is 12.4. The van der Waals surface area contributed by atoms with Crippen LogP contribution in [0.5, 0.6) is 0 Å². The average molecular weight is 460 g/mol. The van der Waals surface area contributed by atoms with Gasteiger partial charge in [0.15, 0.2) is 5.66 Å². The Kier molecular flexibility index (Phi) is 7.17. The third-order valence-corrected chi connectivity index (χ3v) is 3.43. The van der Waals surface area contributed by atoms with Gasteiger partial charge < -0.3 is 16.8 Å². The van der Waals surface area contributed by atoms with E-state index in [4.69, 9.17) is 16.3 Å². The molecule has 0 aliphatic carbocycles. The van der Waals surface area contributed by atoms with Gasteiger partial charge in [-0.25, -0.2) is 4.99 Å². The molecule has 1 aromatic carbocycles. The van der Waals surface area contributed by atoms with Gasteiger partial charge in [-0.15, -0.1) is 24.0 Å². The maximum atomic E-state index is 11.7. The van der Waals surface area contributed by atoms with E-state index < -0.39 is 5.66 Å². The number of carbonyl (C=O) groups excluding carboxylic acids is 1. The van der Waals surface area contributed by atoms with Gasteiger partial charge >= 0.3 is 0 Å². The zero-order chi connectivity index (χ0) is 17.9. The van der Waals surface area contributed by atoms with E-state index in [0.29, 0.717) is 0 Å². The molecule has 8 nitrogen and oxygen atoms in total. The molecule has 0 atom stereocenters. The second-order valence-electron chi connectivity index (χ2n) is 6.34. The number of hydrogen-bond donors (Lipinski definition) is 3. The first-order valence-electron chi connectivity index (χ1n) is 7.71. The Hall–Kier alpha value is -1.88. The molecule has 0 bridgehead atoms. The molecule has 1 amide bonds. The van der Waals surface area contributed by atoms with E-state index in [-0.39, 0.29) is 54.3 Å². The number of amides is 1. The molecule has 0 unspecified atom stereocenters. The molecule has 0 spiro atoms. The zero-order valence-electron chi connectivity index (χ0n) is 14.8. The number of hydrogen-bond acceptors (Lipinski definition) is 7. The molecule has 1 aromatic rings. The minimum absolute atomic E-state index is 0. The number of rotatable bonds is 5. The van der Waals surface area contributed by atoms with Gasteiger partial charge in [-0.1, -0.05) is 26.0 Å². The zero-order valence-corrected chi connectivity index (χ0v) is 17.1. The Morgan fingerprint density at radius 3 is 2.40 bits per heavy atom. The fourth-order valence-electron chi connectivity index (χ4n) is 2.13. The van der Waals surface area contributed by atoms with Crippen molar-refractivity contribution in [2.75, 3.05) is 5.32 Å². The first-order chi connectivity index (χ1) is 11.2. The first kappa shape index (κ1) is 21.2. The van der Waals surface area contributed by atoms with Crippen molar-refractivity contribution in [2.24, 2.45) is 27.4 Å². The van der Waals surface area contributed by atoms with Gasteiger partial charge in [0.05, 0.1) is 0 Å². The van der Waals surface area contributed by atoms with Gasteiger partial charge in [0, 0.05) is 11.6 Å². The van der Waals surface area contributed by atoms with E-state index in [1.165, 1.54) is 5.06 Å². The van der Waals surface area contributed by atoms with Crippen molar-refractivity contribution in [1.82, 2.24) is 5.06 Å². The number of benzene rings is 1. The third kappa shape index (κ3) is 5.56. The minimum Gasteiger partial charge on any atom is -0.368 e. The summed E-state index contributed by atoms with van der Waals surface area (Å²) in [5.74, 6) is 0.203. The van der Waals surface area contributed by atoms with E-state index in [9.17, 15) is 4.79 Å². The predicted molar refractivity (Wildman–Crippen MR) is 109 cm³/mol. The van der Waals surface area contributed by atoms with Crippen LogP contribution in [0.1, 0.15) is 33.3 Å². The van der Waals surface area contributed by atoms with Crippen molar-refractivity contribution in [1.29, 1.82) is 0 Å². The summed E-state index contributed by atoms with van der Waals surface area (Å²) >= 11 is 0. The highest BCUT2D eigenvalue weighted by molar-refractivity contribution is 14.0. The van der Waals surface area contributed by atoms with Gasteiger partial charge in [0.2, 0.25) is 17.8 Å². The molecular weight excluding hydrogens is 435 g/mol. The maximum Gasteiger partial charge on any atom is 0.226 e. The summed E-state index contributed by atoms with van der Waals surface area (Å²) < 4.78 is 0. The highest BCUT2D eigenvalue weighted by atomic mass is 127. The van der Waals surface area contributed by atoms with Crippen LogP contribution in [0.2, 0.25) is 0 Å². The fourth-order valence-corrected chi connectivity index (χ4v) is 2.13. The second-order valence-corrected chi connectivity index (χ2v) is 6.34.